The maximum Gasteiger partial charge on any atom is 0.254 e. The van der Waals surface area contributed by atoms with Crippen LogP contribution in [-0.2, 0) is 17.8 Å². The van der Waals surface area contributed by atoms with Crippen LogP contribution in [0.15, 0.2) is 79.4 Å². The normalized spacial score (nSPS) is 16.3. The molecule has 7 nitrogen and oxygen atoms in total. The second-order valence-corrected chi connectivity index (χ2v) is 9.17. The molecule has 0 bridgehead atoms. The number of pyridine rings is 1. The molecule has 1 fully saturated rings. The van der Waals surface area contributed by atoms with Gasteiger partial charge in [-0.05, 0) is 41.0 Å². The first-order valence-electron chi connectivity index (χ1n) is 12.0. The van der Waals surface area contributed by atoms with E-state index in [-0.39, 0.29) is 17.7 Å². The minimum absolute atomic E-state index is 0.000738. The van der Waals surface area contributed by atoms with Crippen molar-refractivity contribution in [3.05, 3.63) is 96.1 Å². The number of fused-ring (bicyclic) bond motifs is 1. The van der Waals surface area contributed by atoms with E-state index in [1.54, 1.807) is 13.1 Å². The number of amides is 2. The Kier molecular flexibility index (Phi) is 6.57. The number of hydrogen-bond acceptors (Lipinski definition) is 4. The van der Waals surface area contributed by atoms with Gasteiger partial charge in [0.2, 0.25) is 5.91 Å². The lowest BCUT2D eigenvalue weighted by Gasteiger charge is -2.25. The predicted octanol–water partition coefficient (Wildman–Crippen LogP) is 3.64. The summed E-state index contributed by atoms with van der Waals surface area (Å²) in [5, 5.41) is 6.56. The average Bonchev–Trinajstić information content (AvgIpc) is 3.29. The fraction of sp³-hybridized carbons (Fsp3) is 0.286. The predicted molar refractivity (Wildman–Crippen MR) is 135 cm³/mol. The van der Waals surface area contributed by atoms with Gasteiger partial charge in [-0.1, -0.05) is 42.5 Å². The third-order valence-corrected chi connectivity index (χ3v) is 6.73. The summed E-state index contributed by atoms with van der Waals surface area (Å²) in [7, 11) is 0. The van der Waals surface area contributed by atoms with E-state index in [1.807, 2.05) is 75.5 Å². The van der Waals surface area contributed by atoms with Crippen LogP contribution in [0.4, 0.5) is 0 Å². The molecule has 1 aliphatic heterocycles. The molecule has 0 aliphatic carbocycles. The van der Waals surface area contributed by atoms with Gasteiger partial charge in [-0.15, -0.1) is 0 Å². The zero-order chi connectivity index (χ0) is 24.2. The summed E-state index contributed by atoms with van der Waals surface area (Å²) in [4.78, 5) is 34.3. The van der Waals surface area contributed by atoms with Gasteiger partial charge in [0.15, 0.2) is 0 Å². The lowest BCUT2D eigenvalue weighted by atomic mass is 9.95. The quantitative estimate of drug-likeness (QED) is 0.449. The van der Waals surface area contributed by atoms with Crippen molar-refractivity contribution in [1.29, 1.82) is 0 Å². The van der Waals surface area contributed by atoms with Crippen LogP contribution in [0.1, 0.15) is 28.4 Å². The van der Waals surface area contributed by atoms with E-state index in [0.29, 0.717) is 38.3 Å². The third kappa shape index (κ3) is 5.09. The average molecular weight is 468 g/mol. The van der Waals surface area contributed by atoms with Crippen LogP contribution < -0.4 is 0 Å². The van der Waals surface area contributed by atoms with Crippen LogP contribution in [0.3, 0.4) is 0 Å². The van der Waals surface area contributed by atoms with E-state index in [4.69, 9.17) is 0 Å². The number of benzene rings is 2. The van der Waals surface area contributed by atoms with Crippen molar-refractivity contribution in [2.45, 2.75) is 19.9 Å². The van der Waals surface area contributed by atoms with Crippen LogP contribution in [0, 0.1) is 5.92 Å². The number of nitrogens with zero attached hydrogens (tertiary/aromatic N) is 5. The van der Waals surface area contributed by atoms with Gasteiger partial charge in [0.25, 0.3) is 5.91 Å². The van der Waals surface area contributed by atoms with Crippen molar-refractivity contribution in [2.75, 3.05) is 26.2 Å². The Bertz CT molecular complexity index is 1330. The number of carbonyl (C=O) groups excluding carboxylic acids is 2. The molecule has 0 unspecified atom stereocenters. The minimum Gasteiger partial charge on any atom is -0.341 e. The van der Waals surface area contributed by atoms with Gasteiger partial charge in [0, 0.05) is 68.8 Å². The lowest BCUT2D eigenvalue weighted by molar-refractivity contribution is -0.129. The first-order valence-corrected chi connectivity index (χ1v) is 12.0. The highest BCUT2D eigenvalue weighted by Gasteiger charge is 2.29. The summed E-state index contributed by atoms with van der Waals surface area (Å²) in [5.74, 6) is 0.148. The van der Waals surface area contributed by atoms with Crippen molar-refractivity contribution < 1.29 is 9.59 Å². The molecule has 0 N–H and O–H groups in total. The van der Waals surface area contributed by atoms with Gasteiger partial charge >= 0.3 is 0 Å². The van der Waals surface area contributed by atoms with Crippen LogP contribution in [0.5, 0.6) is 0 Å². The molecule has 1 aliphatic rings. The number of hydrogen-bond donors (Lipinski definition) is 0. The topological polar surface area (TPSA) is 71.3 Å². The van der Waals surface area contributed by atoms with Gasteiger partial charge in [0.05, 0.1) is 6.54 Å². The standard InChI is InChI=1S/C28H29N5O2/c1-21(34)31-13-14-32(28(35)27-10-5-3-8-24(27)20-33-12-6-11-30-33)19-22(18-31)15-25-17-29-16-23-7-2-4-9-26(23)25/h2-12,16-17,22H,13-15,18-20H2,1H3/t22-/m1/s1. The Hall–Kier alpha value is -4.00. The van der Waals surface area contributed by atoms with Crippen molar-refractivity contribution in [1.82, 2.24) is 24.6 Å². The maximum atomic E-state index is 13.8. The molecule has 5 rings (SSSR count). The molecular formula is C28H29N5O2. The van der Waals surface area contributed by atoms with E-state index < -0.39 is 0 Å². The number of aromatic nitrogens is 3. The summed E-state index contributed by atoms with van der Waals surface area (Å²) in [6, 6.07) is 17.8. The molecule has 0 saturated carbocycles. The highest BCUT2D eigenvalue weighted by Crippen LogP contribution is 2.23. The molecule has 0 spiro atoms. The Morgan fingerprint density at radius 2 is 1.69 bits per heavy atom. The zero-order valence-corrected chi connectivity index (χ0v) is 19.9. The van der Waals surface area contributed by atoms with E-state index in [2.05, 4.69) is 22.2 Å². The highest BCUT2D eigenvalue weighted by molar-refractivity contribution is 5.95. The largest absolute Gasteiger partial charge is 0.341 e. The van der Waals surface area contributed by atoms with E-state index in [1.165, 1.54) is 5.39 Å². The Balaban J connectivity index is 1.42. The second-order valence-electron chi connectivity index (χ2n) is 9.17. The summed E-state index contributed by atoms with van der Waals surface area (Å²) in [5.41, 5.74) is 2.76. The van der Waals surface area contributed by atoms with Crippen molar-refractivity contribution >= 4 is 22.6 Å². The van der Waals surface area contributed by atoms with Gasteiger partial charge in [-0.3, -0.25) is 19.3 Å². The van der Waals surface area contributed by atoms with Gasteiger partial charge < -0.3 is 9.80 Å². The molecule has 1 saturated heterocycles. The number of rotatable bonds is 5. The third-order valence-electron chi connectivity index (χ3n) is 6.73. The first-order chi connectivity index (χ1) is 17.1. The summed E-state index contributed by atoms with van der Waals surface area (Å²) in [6.07, 6.45) is 8.17. The Morgan fingerprint density at radius 3 is 2.51 bits per heavy atom. The summed E-state index contributed by atoms with van der Waals surface area (Å²) in [6.45, 7) is 4.39. The van der Waals surface area contributed by atoms with Crippen molar-refractivity contribution in [3.8, 4) is 0 Å². The highest BCUT2D eigenvalue weighted by atomic mass is 16.2. The molecule has 2 amide bonds. The molecule has 4 aromatic rings. The van der Waals surface area contributed by atoms with Gasteiger partial charge in [-0.2, -0.15) is 5.10 Å². The van der Waals surface area contributed by atoms with Crippen LogP contribution in [0.2, 0.25) is 0 Å². The summed E-state index contributed by atoms with van der Waals surface area (Å²) >= 11 is 0. The first kappa shape index (κ1) is 22.8. The SMILES string of the molecule is CC(=O)N1CCN(C(=O)c2ccccc2Cn2cccn2)C[C@H](Cc2cncc3ccccc23)C1. The lowest BCUT2D eigenvalue weighted by Crippen LogP contribution is -2.37. The fourth-order valence-corrected chi connectivity index (χ4v) is 4.96. The molecule has 7 heteroatoms. The molecule has 1 atom stereocenters. The van der Waals surface area contributed by atoms with Crippen LogP contribution in [0.25, 0.3) is 10.8 Å². The molecule has 3 heterocycles. The summed E-state index contributed by atoms with van der Waals surface area (Å²) < 4.78 is 1.82. The van der Waals surface area contributed by atoms with E-state index in [0.717, 1.165) is 22.9 Å². The van der Waals surface area contributed by atoms with E-state index in [9.17, 15) is 9.59 Å². The maximum absolute atomic E-state index is 13.8. The van der Waals surface area contributed by atoms with Crippen LogP contribution >= 0.6 is 0 Å². The molecule has 178 valence electrons. The second kappa shape index (κ2) is 10.1. The molecule has 2 aromatic carbocycles. The van der Waals surface area contributed by atoms with Gasteiger partial charge in [-0.25, -0.2) is 0 Å². The van der Waals surface area contributed by atoms with Gasteiger partial charge in [0.1, 0.15) is 0 Å². The smallest absolute Gasteiger partial charge is 0.254 e. The molecule has 0 radical (unpaired) electrons. The Labute approximate surface area is 205 Å². The molecule has 2 aromatic heterocycles. The molecular weight excluding hydrogens is 438 g/mol. The van der Waals surface area contributed by atoms with Crippen LogP contribution in [-0.4, -0.2) is 62.6 Å². The monoisotopic (exact) mass is 467 g/mol. The van der Waals surface area contributed by atoms with Crippen molar-refractivity contribution in [2.24, 2.45) is 5.92 Å². The minimum atomic E-state index is -0.000738. The Morgan fingerprint density at radius 1 is 0.914 bits per heavy atom. The fourth-order valence-electron chi connectivity index (χ4n) is 4.96. The number of carbonyl (C=O) groups is 2. The van der Waals surface area contributed by atoms with Crippen molar-refractivity contribution in [3.63, 3.8) is 0 Å². The van der Waals surface area contributed by atoms with E-state index >= 15 is 0 Å². The zero-order valence-electron chi connectivity index (χ0n) is 19.9. The molecule has 35 heavy (non-hydrogen) atoms.